The second-order valence-corrected chi connectivity index (χ2v) is 5.91. The fraction of sp³-hybridized carbons (Fsp3) is 0.462. The molecule has 0 aliphatic carbocycles. The first-order valence-electron chi connectivity index (χ1n) is 5.96. The molecule has 0 unspecified atom stereocenters. The highest BCUT2D eigenvalue weighted by atomic mass is 35.5. The Morgan fingerprint density at radius 2 is 2.17 bits per heavy atom. The van der Waals surface area contributed by atoms with Crippen LogP contribution in [-0.2, 0) is 4.79 Å². The largest absolute Gasteiger partial charge is 0.481 e. The molecular weight excluding hydrogens is 270 g/mol. The fourth-order valence-electron chi connectivity index (χ4n) is 2.14. The monoisotopic (exact) mass is 285 g/mol. The number of hydrogen-bond acceptors (Lipinski definition) is 3. The molecule has 1 aromatic carbocycles. The summed E-state index contributed by atoms with van der Waals surface area (Å²) in [5.41, 5.74) is 1.22. The summed E-state index contributed by atoms with van der Waals surface area (Å²) in [6.45, 7) is 1.56. The summed E-state index contributed by atoms with van der Waals surface area (Å²) in [6, 6.07) is 8.16. The Morgan fingerprint density at radius 3 is 2.83 bits per heavy atom. The molecule has 1 aromatic rings. The maximum Gasteiger partial charge on any atom is 0.304 e. The van der Waals surface area contributed by atoms with E-state index in [0.717, 1.165) is 23.1 Å². The highest BCUT2D eigenvalue weighted by Crippen LogP contribution is 2.30. The zero-order valence-corrected chi connectivity index (χ0v) is 11.6. The summed E-state index contributed by atoms with van der Waals surface area (Å²) in [7, 11) is 0. The van der Waals surface area contributed by atoms with Gasteiger partial charge in [-0.1, -0.05) is 23.7 Å². The summed E-state index contributed by atoms with van der Waals surface area (Å²) in [6.07, 6.45) is 0.203. The highest BCUT2D eigenvalue weighted by Gasteiger charge is 2.24. The van der Waals surface area contributed by atoms with Gasteiger partial charge in [0.15, 0.2) is 0 Å². The number of benzene rings is 1. The average Bonchev–Trinajstić information content (AvgIpc) is 2.38. The molecule has 0 spiro atoms. The van der Waals surface area contributed by atoms with Gasteiger partial charge in [-0.3, -0.25) is 9.69 Å². The molecule has 1 N–H and O–H groups in total. The third-order valence-electron chi connectivity index (χ3n) is 3.11. The van der Waals surface area contributed by atoms with Crippen LogP contribution in [0.2, 0.25) is 5.02 Å². The standard InChI is InChI=1S/C13H16ClNO2S/c14-11-3-1-10(2-4-11)12-9-18-8-7-15(12)6-5-13(16)17/h1-4,12H,5-9H2,(H,16,17)/t12-/m0/s1. The minimum atomic E-state index is -0.733. The molecule has 2 rings (SSSR count). The molecule has 1 atom stereocenters. The molecule has 1 heterocycles. The normalized spacial score (nSPS) is 20.8. The Hall–Kier alpha value is -0.710. The van der Waals surface area contributed by atoms with Gasteiger partial charge in [0.2, 0.25) is 0 Å². The molecule has 0 aromatic heterocycles. The van der Waals surface area contributed by atoms with Crippen molar-refractivity contribution in [1.29, 1.82) is 0 Å². The SMILES string of the molecule is O=C(O)CCN1CCSC[C@H]1c1ccc(Cl)cc1. The van der Waals surface area contributed by atoms with E-state index in [1.165, 1.54) is 5.56 Å². The van der Waals surface area contributed by atoms with Crippen molar-refractivity contribution in [3.63, 3.8) is 0 Å². The Balaban J connectivity index is 2.07. The average molecular weight is 286 g/mol. The number of halogens is 1. The van der Waals surface area contributed by atoms with Crippen LogP contribution >= 0.6 is 23.4 Å². The van der Waals surface area contributed by atoms with Crippen LogP contribution < -0.4 is 0 Å². The molecule has 1 saturated heterocycles. The summed E-state index contributed by atoms with van der Waals surface area (Å²) in [5, 5.41) is 9.52. The van der Waals surface area contributed by atoms with Crippen molar-refractivity contribution in [2.75, 3.05) is 24.6 Å². The van der Waals surface area contributed by atoms with Crippen LogP contribution in [0.1, 0.15) is 18.0 Å². The first kappa shape index (κ1) is 13.7. The number of carboxylic acids is 1. The number of nitrogens with zero attached hydrogens (tertiary/aromatic N) is 1. The number of thioether (sulfide) groups is 1. The van der Waals surface area contributed by atoms with E-state index < -0.39 is 5.97 Å². The lowest BCUT2D eigenvalue weighted by molar-refractivity contribution is -0.137. The predicted octanol–water partition coefficient (Wildman–Crippen LogP) is 2.90. The lowest BCUT2D eigenvalue weighted by atomic mass is 10.1. The number of aliphatic carboxylic acids is 1. The van der Waals surface area contributed by atoms with Crippen molar-refractivity contribution in [2.45, 2.75) is 12.5 Å². The molecule has 0 bridgehead atoms. The number of rotatable bonds is 4. The van der Waals surface area contributed by atoms with Gasteiger partial charge in [0.05, 0.1) is 6.42 Å². The van der Waals surface area contributed by atoms with Crippen LogP contribution in [0.25, 0.3) is 0 Å². The smallest absolute Gasteiger partial charge is 0.304 e. The van der Waals surface area contributed by atoms with E-state index in [1.807, 2.05) is 36.0 Å². The van der Waals surface area contributed by atoms with E-state index in [1.54, 1.807) is 0 Å². The summed E-state index contributed by atoms with van der Waals surface area (Å²) >= 11 is 7.81. The minimum Gasteiger partial charge on any atom is -0.481 e. The first-order chi connectivity index (χ1) is 8.66. The van der Waals surface area contributed by atoms with Gasteiger partial charge in [0, 0.05) is 35.7 Å². The molecule has 0 radical (unpaired) electrons. The van der Waals surface area contributed by atoms with E-state index in [4.69, 9.17) is 16.7 Å². The molecule has 18 heavy (non-hydrogen) atoms. The maximum atomic E-state index is 10.7. The topological polar surface area (TPSA) is 40.5 Å². The maximum absolute atomic E-state index is 10.7. The molecular formula is C13H16ClNO2S. The van der Waals surface area contributed by atoms with Crippen LogP contribution in [-0.4, -0.2) is 40.6 Å². The van der Waals surface area contributed by atoms with Crippen LogP contribution in [0.3, 0.4) is 0 Å². The lowest BCUT2D eigenvalue weighted by Crippen LogP contribution is -2.37. The Bertz CT molecular complexity index is 410. The van der Waals surface area contributed by atoms with Crippen LogP contribution in [0.4, 0.5) is 0 Å². The van der Waals surface area contributed by atoms with E-state index in [-0.39, 0.29) is 6.42 Å². The van der Waals surface area contributed by atoms with E-state index in [0.29, 0.717) is 12.6 Å². The van der Waals surface area contributed by atoms with Gasteiger partial charge in [-0.25, -0.2) is 0 Å². The first-order valence-corrected chi connectivity index (χ1v) is 7.49. The summed E-state index contributed by atoms with van der Waals surface area (Å²) < 4.78 is 0. The predicted molar refractivity (Wildman–Crippen MR) is 75.3 cm³/mol. The summed E-state index contributed by atoms with van der Waals surface area (Å²) in [4.78, 5) is 12.9. The van der Waals surface area contributed by atoms with Crippen molar-refractivity contribution in [3.05, 3.63) is 34.9 Å². The van der Waals surface area contributed by atoms with Crippen LogP contribution in [0.15, 0.2) is 24.3 Å². The van der Waals surface area contributed by atoms with Gasteiger partial charge in [-0.2, -0.15) is 11.8 Å². The molecule has 98 valence electrons. The number of hydrogen-bond donors (Lipinski definition) is 1. The Morgan fingerprint density at radius 1 is 1.44 bits per heavy atom. The third-order valence-corrected chi connectivity index (χ3v) is 4.38. The Kier molecular flexibility index (Phi) is 4.92. The molecule has 1 aliphatic rings. The fourth-order valence-corrected chi connectivity index (χ4v) is 3.42. The van der Waals surface area contributed by atoms with Gasteiger partial charge in [-0.15, -0.1) is 0 Å². The van der Waals surface area contributed by atoms with Crippen molar-refractivity contribution >= 4 is 29.3 Å². The van der Waals surface area contributed by atoms with Crippen molar-refractivity contribution in [2.24, 2.45) is 0 Å². The number of carboxylic acid groups (broad SMARTS) is 1. The molecule has 0 saturated carbocycles. The third kappa shape index (κ3) is 3.64. The van der Waals surface area contributed by atoms with Crippen molar-refractivity contribution in [1.82, 2.24) is 4.90 Å². The molecule has 5 heteroatoms. The highest BCUT2D eigenvalue weighted by molar-refractivity contribution is 7.99. The molecule has 0 amide bonds. The van der Waals surface area contributed by atoms with E-state index in [2.05, 4.69) is 4.90 Å². The minimum absolute atomic E-state index is 0.203. The number of carbonyl (C=O) groups is 1. The molecule has 1 aliphatic heterocycles. The van der Waals surface area contributed by atoms with Gasteiger partial charge in [-0.05, 0) is 17.7 Å². The lowest BCUT2D eigenvalue weighted by Gasteiger charge is -2.35. The van der Waals surface area contributed by atoms with Crippen molar-refractivity contribution in [3.8, 4) is 0 Å². The van der Waals surface area contributed by atoms with Crippen LogP contribution in [0, 0.1) is 0 Å². The Labute approximate surface area is 116 Å². The van der Waals surface area contributed by atoms with Crippen molar-refractivity contribution < 1.29 is 9.90 Å². The van der Waals surface area contributed by atoms with Gasteiger partial charge < -0.3 is 5.11 Å². The second kappa shape index (κ2) is 6.45. The quantitative estimate of drug-likeness (QED) is 0.923. The zero-order chi connectivity index (χ0) is 13.0. The van der Waals surface area contributed by atoms with E-state index >= 15 is 0 Å². The van der Waals surface area contributed by atoms with Gasteiger partial charge in [0.1, 0.15) is 0 Å². The van der Waals surface area contributed by atoms with Gasteiger partial charge >= 0.3 is 5.97 Å². The second-order valence-electron chi connectivity index (χ2n) is 4.32. The molecule has 1 fully saturated rings. The van der Waals surface area contributed by atoms with Gasteiger partial charge in [0.25, 0.3) is 0 Å². The zero-order valence-electron chi connectivity index (χ0n) is 10.0. The summed E-state index contributed by atoms with van der Waals surface area (Å²) in [5.74, 6) is 1.35. The van der Waals surface area contributed by atoms with Crippen LogP contribution in [0.5, 0.6) is 0 Å². The van der Waals surface area contributed by atoms with E-state index in [9.17, 15) is 4.79 Å². The molecule has 3 nitrogen and oxygen atoms in total.